The number of amides is 1. The molecule has 1 aromatic carbocycles. The van der Waals surface area contributed by atoms with E-state index in [1.54, 1.807) is 41.6 Å². The first-order valence-corrected chi connectivity index (χ1v) is 9.06. The molecule has 25 heavy (non-hydrogen) atoms. The van der Waals surface area contributed by atoms with E-state index >= 15 is 0 Å². The molecule has 0 bridgehead atoms. The van der Waals surface area contributed by atoms with Gasteiger partial charge in [-0.05, 0) is 30.2 Å². The molecule has 2 aromatic heterocycles. The second-order valence-corrected chi connectivity index (χ2v) is 7.28. The van der Waals surface area contributed by atoms with Gasteiger partial charge in [-0.25, -0.2) is 0 Å². The molecule has 0 spiro atoms. The fourth-order valence-corrected chi connectivity index (χ4v) is 3.38. The van der Waals surface area contributed by atoms with Crippen molar-refractivity contribution in [3.63, 3.8) is 0 Å². The van der Waals surface area contributed by atoms with Crippen molar-refractivity contribution in [2.45, 2.75) is 13.8 Å². The Morgan fingerprint density at radius 1 is 1.20 bits per heavy atom. The molecule has 128 valence electrons. The van der Waals surface area contributed by atoms with Gasteiger partial charge in [0.15, 0.2) is 5.01 Å². The number of nitrogens with zero attached hydrogens (tertiary/aromatic N) is 4. The summed E-state index contributed by atoms with van der Waals surface area (Å²) < 4.78 is 0. The monoisotopic (exact) mass is 372 g/mol. The number of rotatable bonds is 5. The van der Waals surface area contributed by atoms with Crippen LogP contribution in [0.4, 0.5) is 5.13 Å². The van der Waals surface area contributed by atoms with Gasteiger partial charge in [0.05, 0.1) is 10.6 Å². The van der Waals surface area contributed by atoms with Gasteiger partial charge in [0.25, 0.3) is 5.91 Å². The van der Waals surface area contributed by atoms with Crippen LogP contribution in [0.25, 0.3) is 10.6 Å². The SMILES string of the molecule is CC(C)CN(C(=O)c1ccccc1Cl)c1nnc(-c2cccnc2)s1. The molecule has 0 N–H and O–H groups in total. The summed E-state index contributed by atoms with van der Waals surface area (Å²) in [6, 6.07) is 10.8. The summed E-state index contributed by atoms with van der Waals surface area (Å²) in [6.45, 7) is 4.64. The van der Waals surface area contributed by atoms with Crippen LogP contribution in [0, 0.1) is 5.92 Å². The third-order valence-electron chi connectivity index (χ3n) is 3.45. The zero-order valence-corrected chi connectivity index (χ0v) is 15.5. The summed E-state index contributed by atoms with van der Waals surface area (Å²) in [7, 11) is 0. The second kappa shape index (κ2) is 7.72. The summed E-state index contributed by atoms with van der Waals surface area (Å²) in [5.74, 6) is 0.102. The van der Waals surface area contributed by atoms with E-state index in [2.05, 4.69) is 29.0 Å². The fraction of sp³-hybridized carbons (Fsp3) is 0.222. The van der Waals surface area contributed by atoms with Crippen LogP contribution in [-0.2, 0) is 0 Å². The van der Waals surface area contributed by atoms with Gasteiger partial charge in [-0.2, -0.15) is 0 Å². The van der Waals surface area contributed by atoms with Gasteiger partial charge >= 0.3 is 0 Å². The molecular weight excluding hydrogens is 356 g/mol. The lowest BCUT2D eigenvalue weighted by Gasteiger charge is -2.21. The van der Waals surface area contributed by atoms with E-state index in [4.69, 9.17) is 11.6 Å². The molecular formula is C18H17ClN4OS. The Hall–Kier alpha value is -2.31. The second-order valence-electron chi connectivity index (χ2n) is 5.92. The molecule has 0 saturated heterocycles. The smallest absolute Gasteiger partial charge is 0.261 e. The zero-order chi connectivity index (χ0) is 17.8. The highest BCUT2D eigenvalue weighted by Crippen LogP contribution is 2.30. The summed E-state index contributed by atoms with van der Waals surface area (Å²) in [5.41, 5.74) is 1.34. The van der Waals surface area contributed by atoms with Crippen molar-refractivity contribution in [3.8, 4) is 10.6 Å². The molecule has 0 radical (unpaired) electrons. The predicted molar refractivity (Wildman–Crippen MR) is 101 cm³/mol. The number of carbonyl (C=O) groups excluding carboxylic acids is 1. The lowest BCUT2D eigenvalue weighted by Crippen LogP contribution is -2.34. The minimum atomic E-state index is -0.173. The number of carbonyl (C=O) groups is 1. The van der Waals surface area contributed by atoms with Crippen LogP contribution < -0.4 is 4.90 Å². The van der Waals surface area contributed by atoms with E-state index in [9.17, 15) is 4.79 Å². The lowest BCUT2D eigenvalue weighted by molar-refractivity contribution is 0.0984. The Morgan fingerprint density at radius 2 is 2.00 bits per heavy atom. The van der Waals surface area contributed by atoms with Gasteiger partial charge in [-0.3, -0.25) is 14.7 Å². The average Bonchev–Trinajstić information content (AvgIpc) is 3.10. The van der Waals surface area contributed by atoms with Crippen molar-refractivity contribution in [2.24, 2.45) is 5.92 Å². The quantitative estimate of drug-likeness (QED) is 0.658. The number of aromatic nitrogens is 3. The average molecular weight is 373 g/mol. The van der Waals surface area contributed by atoms with Crippen molar-refractivity contribution in [1.82, 2.24) is 15.2 Å². The first-order chi connectivity index (χ1) is 12.1. The van der Waals surface area contributed by atoms with Crippen LogP contribution in [0.1, 0.15) is 24.2 Å². The molecule has 1 amide bonds. The molecule has 0 aliphatic rings. The predicted octanol–water partition coefficient (Wildman–Crippen LogP) is 4.56. The molecule has 5 nitrogen and oxygen atoms in total. The molecule has 0 aliphatic carbocycles. The number of halogens is 1. The van der Waals surface area contributed by atoms with Crippen molar-refractivity contribution in [3.05, 3.63) is 59.4 Å². The van der Waals surface area contributed by atoms with Gasteiger partial charge in [0.1, 0.15) is 0 Å². The number of pyridine rings is 1. The van der Waals surface area contributed by atoms with Gasteiger partial charge in [-0.15, -0.1) is 10.2 Å². The minimum absolute atomic E-state index is 0.173. The normalized spacial score (nSPS) is 10.9. The summed E-state index contributed by atoms with van der Waals surface area (Å²) >= 11 is 7.56. The van der Waals surface area contributed by atoms with Crippen LogP contribution in [0.15, 0.2) is 48.8 Å². The van der Waals surface area contributed by atoms with E-state index in [0.717, 1.165) is 10.6 Å². The third-order valence-corrected chi connectivity index (χ3v) is 4.78. The maximum absolute atomic E-state index is 13.0. The Kier molecular flexibility index (Phi) is 5.40. The van der Waals surface area contributed by atoms with Crippen molar-refractivity contribution >= 4 is 34.0 Å². The van der Waals surface area contributed by atoms with Crippen molar-refractivity contribution in [2.75, 3.05) is 11.4 Å². The standard InChI is InChI=1S/C18H17ClN4OS/c1-12(2)11-23(17(24)14-7-3-4-8-15(14)19)18-22-21-16(25-18)13-6-5-9-20-10-13/h3-10,12H,11H2,1-2H3. The van der Waals surface area contributed by atoms with Gasteiger partial charge < -0.3 is 0 Å². The molecule has 3 rings (SSSR count). The first-order valence-electron chi connectivity index (χ1n) is 7.86. The molecule has 2 heterocycles. The summed E-state index contributed by atoms with van der Waals surface area (Å²) in [5, 5.41) is 10.1. The topological polar surface area (TPSA) is 59.0 Å². The van der Waals surface area contributed by atoms with Crippen LogP contribution in [0.5, 0.6) is 0 Å². The van der Waals surface area contributed by atoms with Gasteiger partial charge in [-0.1, -0.05) is 48.9 Å². The van der Waals surface area contributed by atoms with Crippen LogP contribution in [-0.4, -0.2) is 27.6 Å². The Balaban J connectivity index is 1.95. The largest absolute Gasteiger partial charge is 0.282 e. The highest BCUT2D eigenvalue weighted by atomic mass is 35.5. The molecule has 3 aromatic rings. The van der Waals surface area contributed by atoms with Gasteiger partial charge in [0, 0.05) is 24.5 Å². The van der Waals surface area contributed by atoms with Crippen LogP contribution in [0.3, 0.4) is 0 Å². The molecule has 0 aliphatic heterocycles. The summed E-state index contributed by atoms with van der Waals surface area (Å²) in [6.07, 6.45) is 3.43. The van der Waals surface area contributed by atoms with E-state index in [0.29, 0.717) is 22.3 Å². The Bertz CT molecular complexity index is 866. The van der Waals surface area contributed by atoms with E-state index in [1.807, 2.05) is 12.1 Å². The molecule has 0 atom stereocenters. The number of anilines is 1. The third kappa shape index (κ3) is 4.03. The Labute approximate surface area is 155 Å². The molecule has 0 fully saturated rings. The summed E-state index contributed by atoms with van der Waals surface area (Å²) in [4.78, 5) is 18.8. The van der Waals surface area contributed by atoms with E-state index in [-0.39, 0.29) is 11.8 Å². The maximum atomic E-state index is 13.0. The maximum Gasteiger partial charge on any atom is 0.261 e. The highest BCUT2D eigenvalue weighted by molar-refractivity contribution is 7.18. The van der Waals surface area contributed by atoms with Crippen LogP contribution in [0.2, 0.25) is 5.02 Å². The van der Waals surface area contributed by atoms with Crippen LogP contribution >= 0.6 is 22.9 Å². The Morgan fingerprint density at radius 3 is 2.68 bits per heavy atom. The van der Waals surface area contributed by atoms with Gasteiger partial charge in [0.2, 0.25) is 5.13 Å². The lowest BCUT2D eigenvalue weighted by atomic mass is 10.1. The van der Waals surface area contributed by atoms with Crippen molar-refractivity contribution < 1.29 is 4.79 Å². The van der Waals surface area contributed by atoms with E-state index < -0.39 is 0 Å². The fourth-order valence-electron chi connectivity index (χ4n) is 2.32. The molecule has 0 unspecified atom stereocenters. The first kappa shape index (κ1) is 17.5. The number of hydrogen-bond acceptors (Lipinski definition) is 5. The number of benzene rings is 1. The minimum Gasteiger partial charge on any atom is -0.282 e. The number of hydrogen-bond donors (Lipinski definition) is 0. The zero-order valence-electron chi connectivity index (χ0n) is 13.9. The van der Waals surface area contributed by atoms with Crippen molar-refractivity contribution in [1.29, 1.82) is 0 Å². The molecule has 7 heteroatoms. The molecule has 0 saturated carbocycles. The van der Waals surface area contributed by atoms with E-state index in [1.165, 1.54) is 11.3 Å². The highest BCUT2D eigenvalue weighted by Gasteiger charge is 2.24.